The Morgan fingerprint density at radius 1 is 1.28 bits per heavy atom. The van der Waals surface area contributed by atoms with E-state index in [4.69, 9.17) is 9.84 Å². The number of esters is 1. The number of hydrogen-bond donors (Lipinski definition) is 1. The molecule has 2 atom stereocenters. The van der Waals surface area contributed by atoms with Crippen LogP contribution < -0.4 is 0 Å². The summed E-state index contributed by atoms with van der Waals surface area (Å²) in [5.74, 6) is -1.78. The van der Waals surface area contributed by atoms with Gasteiger partial charge in [-0.3, -0.25) is 9.59 Å². The second-order valence-corrected chi connectivity index (χ2v) is 5.54. The van der Waals surface area contributed by atoms with Gasteiger partial charge in [-0.25, -0.2) is 4.79 Å². The molecule has 0 aromatic carbocycles. The summed E-state index contributed by atoms with van der Waals surface area (Å²) in [6.45, 7) is 6.63. The van der Waals surface area contributed by atoms with Crippen LogP contribution >= 0.6 is 0 Å². The van der Waals surface area contributed by atoms with Crippen LogP contribution in [0.25, 0.3) is 0 Å². The van der Waals surface area contributed by atoms with Crippen molar-refractivity contribution in [3.05, 3.63) is 0 Å². The van der Waals surface area contributed by atoms with E-state index in [-0.39, 0.29) is 24.8 Å². The third-order valence-corrected chi connectivity index (χ3v) is 2.84. The van der Waals surface area contributed by atoms with Gasteiger partial charge in [-0.15, -0.1) is 0 Å². The minimum atomic E-state index is -1.07. The van der Waals surface area contributed by atoms with Crippen molar-refractivity contribution in [3.8, 4) is 0 Å². The number of hydrogen-bond acceptors (Lipinski definition) is 4. The topological polar surface area (TPSA) is 83.9 Å². The van der Waals surface area contributed by atoms with Crippen LogP contribution in [-0.4, -0.2) is 46.5 Å². The van der Waals surface area contributed by atoms with E-state index in [1.807, 2.05) is 0 Å². The fourth-order valence-electron chi connectivity index (χ4n) is 1.79. The Hall–Kier alpha value is -1.59. The van der Waals surface area contributed by atoms with E-state index in [1.54, 1.807) is 20.8 Å². The van der Waals surface area contributed by atoms with Crippen molar-refractivity contribution < 1.29 is 24.2 Å². The molecule has 6 nitrogen and oxygen atoms in total. The van der Waals surface area contributed by atoms with Crippen molar-refractivity contribution in [1.82, 2.24) is 4.90 Å². The van der Waals surface area contributed by atoms with Crippen molar-refractivity contribution in [2.45, 2.75) is 46.3 Å². The van der Waals surface area contributed by atoms with Gasteiger partial charge < -0.3 is 14.7 Å². The van der Waals surface area contributed by atoms with Gasteiger partial charge in [0, 0.05) is 13.3 Å². The van der Waals surface area contributed by atoms with E-state index >= 15 is 0 Å². The largest absolute Gasteiger partial charge is 0.480 e. The summed E-state index contributed by atoms with van der Waals surface area (Å²) in [6.07, 6.45) is -0.391. The van der Waals surface area contributed by atoms with Gasteiger partial charge in [0.1, 0.15) is 12.1 Å². The maximum absolute atomic E-state index is 11.7. The Kier molecular flexibility index (Phi) is 3.98. The lowest BCUT2D eigenvalue weighted by Crippen LogP contribution is -2.39. The Morgan fingerprint density at radius 3 is 2.17 bits per heavy atom. The number of likely N-dealkylation sites (tertiary alicyclic amines) is 1. The molecule has 1 rings (SSSR count). The normalized spacial score (nSPS) is 23.9. The molecular formula is C12H19NO5. The molecule has 0 aliphatic carbocycles. The van der Waals surface area contributed by atoms with Gasteiger partial charge in [-0.1, -0.05) is 0 Å². The second-order valence-electron chi connectivity index (χ2n) is 5.54. The Labute approximate surface area is 106 Å². The SMILES string of the molecule is CC(=O)N1C[C@H](OC(=O)C(C)(C)C)C[C@H]1C(=O)O. The Morgan fingerprint density at radius 2 is 1.83 bits per heavy atom. The zero-order valence-corrected chi connectivity index (χ0v) is 11.1. The Balaban J connectivity index is 2.70. The van der Waals surface area contributed by atoms with Crippen molar-refractivity contribution in [1.29, 1.82) is 0 Å². The van der Waals surface area contributed by atoms with Crippen molar-refractivity contribution in [2.24, 2.45) is 5.41 Å². The number of nitrogens with zero attached hydrogens (tertiary/aromatic N) is 1. The van der Waals surface area contributed by atoms with Crippen LogP contribution in [-0.2, 0) is 19.1 Å². The number of rotatable bonds is 2. The molecule has 0 aromatic heterocycles. The zero-order chi connectivity index (χ0) is 14.1. The highest BCUT2D eigenvalue weighted by Gasteiger charge is 2.41. The predicted octanol–water partition coefficient (Wildman–Crippen LogP) is 0.650. The van der Waals surface area contributed by atoms with Crippen LogP contribution in [0.4, 0.5) is 0 Å². The predicted molar refractivity (Wildman–Crippen MR) is 62.8 cm³/mol. The molecule has 18 heavy (non-hydrogen) atoms. The number of carboxylic acids is 1. The number of carbonyl (C=O) groups excluding carboxylic acids is 2. The molecule has 1 heterocycles. The minimum absolute atomic E-state index is 0.147. The zero-order valence-electron chi connectivity index (χ0n) is 11.1. The van der Waals surface area contributed by atoms with Crippen LogP contribution in [0.1, 0.15) is 34.1 Å². The van der Waals surface area contributed by atoms with Crippen LogP contribution in [0, 0.1) is 5.41 Å². The van der Waals surface area contributed by atoms with Gasteiger partial charge >= 0.3 is 11.9 Å². The molecule has 1 fully saturated rings. The maximum atomic E-state index is 11.7. The van der Waals surface area contributed by atoms with Gasteiger partial charge in [0.2, 0.25) is 5.91 Å². The number of amides is 1. The molecule has 1 amide bonds. The molecule has 1 saturated heterocycles. The minimum Gasteiger partial charge on any atom is -0.480 e. The summed E-state index contributed by atoms with van der Waals surface area (Å²) in [6, 6.07) is -0.903. The Bertz CT molecular complexity index is 349. The van der Waals surface area contributed by atoms with E-state index in [1.165, 1.54) is 11.8 Å². The van der Waals surface area contributed by atoms with E-state index in [9.17, 15) is 14.4 Å². The third-order valence-electron chi connectivity index (χ3n) is 2.84. The molecule has 0 radical (unpaired) electrons. The summed E-state index contributed by atoms with van der Waals surface area (Å²) in [7, 11) is 0. The standard InChI is InChI=1S/C12H19NO5/c1-7(14)13-6-8(5-9(13)10(15)16)18-11(17)12(2,3)4/h8-9H,5-6H2,1-4H3,(H,15,16)/t8-,9+/m1/s1. The lowest BCUT2D eigenvalue weighted by atomic mass is 9.97. The number of carbonyl (C=O) groups is 3. The maximum Gasteiger partial charge on any atom is 0.326 e. The third kappa shape index (κ3) is 3.21. The second kappa shape index (κ2) is 4.96. The van der Waals surface area contributed by atoms with Gasteiger partial charge in [-0.05, 0) is 20.8 Å². The van der Waals surface area contributed by atoms with Crippen molar-refractivity contribution in [3.63, 3.8) is 0 Å². The first-order valence-corrected chi connectivity index (χ1v) is 5.84. The smallest absolute Gasteiger partial charge is 0.326 e. The molecule has 1 N–H and O–H groups in total. The van der Waals surface area contributed by atoms with Crippen molar-refractivity contribution >= 4 is 17.8 Å². The molecule has 0 unspecified atom stereocenters. The lowest BCUT2D eigenvalue weighted by molar-refractivity contribution is -0.158. The summed E-state index contributed by atoms with van der Waals surface area (Å²) < 4.78 is 5.24. The van der Waals surface area contributed by atoms with Crippen LogP contribution in [0.3, 0.4) is 0 Å². The van der Waals surface area contributed by atoms with Gasteiger partial charge in [0.15, 0.2) is 0 Å². The van der Waals surface area contributed by atoms with Gasteiger partial charge in [-0.2, -0.15) is 0 Å². The van der Waals surface area contributed by atoms with E-state index in [2.05, 4.69) is 0 Å². The fourth-order valence-corrected chi connectivity index (χ4v) is 1.79. The molecule has 1 aliphatic heterocycles. The molecule has 1 aliphatic rings. The molecule has 0 saturated carbocycles. The summed E-state index contributed by atoms with van der Waals surface area (Å²) in [5, 5.41) is 9.01. The first-order chi connectivity index (χ1) is 8.12. The van der Waals surface area contributed by atoms with Crippen LogP contribution in [0.15, 0.2) is 0 Å². The molecular weight excluding hydrogens is 238 g/mol. The highest BCUT2D eigenvalue weighted by atomic mass is 16.5. The summed E-state index contributed by atoms with van der Waals surface area (Å²) in [4.78, 5) is 35.2. The van der Waals surface area contributed by atoms with Crippen molar-refractivity contribution in [2.75, 3.05) is 6.54 Å². The van der Waals surface area contributed by atoms with Gasteiger partial charge in [0.25, 0.3) is 0 Å². The number of aliphatic carboxylic acids is 1. The number of carboxylic acid groups (broad SMARTS) is 1. The highest BCUT2D eigenvalue weighted by molar-refractivity contribution is 5.83. The molecule has 0 aromatic rings. The average Bonchev–Trinajstić information content (AvgIpc) is 2.60. The van der Waals surface area contributed by atoms with E-state index in [0.717, 1.165) is 0 Å². The van der Waals surface area contributed by atoms with E-state index < -0.39 is 23.5 Å². The lowest BCUT2D eigenvalue weighted by Gasteiger charge is -2.20. The summed E-state index contributed by atoms with van der Waals surface area (Å²) >= 11 is 0. The van der Waals surface area contributed by atoms with Crippen LogP contribution in [0.2, 0.25) is 0 Å². The molecule has 0 spiro atoms. The molecule has 6 heteroatoms. The van der Waals surface area contributed by atoms with Gasteiger partial charge in [0.05, 0.1) is 12.0 Å². The number of ether oxygens (including phenoxy) is 1. The average molecular weight is 257 g/mol. The molecule has 102 valence electrons. The molecule has 0 bridgehead atoms. The quantitative estimate of drug-likeness (QED) is 0.734. The monoisotopic (exact) mass is 257 g/mol. The first-order valence-electron chi connectivity index (χ1n) is 5.84. The van der Waals surface area contributed by atoms with Crippen LogP contribution in [0.5, 0.6) is 0 Å². The van der Waals surface area contributed by atoms with E-state index in [0.29, 0.717) is 0 Å². The first kappa shape index (κ1) is 14.5. The fraction of sp³-hybridized carbons (Fsp3) is 0.750. The highest BCUT2D eigenvalue weighted by Crippen LogP contribution is 2.24. The summed E-state index contributed by atoms with van der Waals surface area (Å²) in [5.41, 5.74) is -0.637.